The van der Waals surface area contributed by atoms with Crippen molar-refractivity contribution in [3.05, 3.63) is 33.3 Å². The molecule has 2 aromatic heterocycles. The summed E-state index contributed by atoms with van der Waals surface area (Å²) in [4.78, 5) is 2.32. The SMILES string of the molecule is COc1cnn(C)c1C(O)c1cc(C)sc1C. The van der Waals surface area contributed by atoms with Gasteiger partial charge in [0.25, 0.3) is 0 Å². The number of methoxy groups -OCH3 is 1. The molecule has 0 spiro atoms. The van der Waals surface area contributed by atoms with E-state index in [9.17, 15) is 5.11 Å². The molecule has 1 unspecified atom stereocenters. The van der Waals surface area contributed by atoms with Gasteiger partial charge in [0, 0.05) is 22.4 Å². The van der Waals surface area contributed by atoms with E-state index in [1.807, 2.05) is 19.9 Å². The monoisotopic (exact) mass is 252 g/mol. The Morgan fingerprint density at radius 1 is 1.47 bits per heavy atom. The van der Waals surface area contributed by atoms with Crippen LogP contribution in [0.4, 0.5) is 0 Å². The molecule has 0 aromatic carbocycles. The molecule has 1 N–H and O–H groups in total. The van der Waals surface area contributed by atoms with Crippen molar-refractivity contribution in [3.8, 4) is 5.75 Å². The molecule has 0 aliphatic carbocycles. The van der Waals surface area contributed by atoms with Gasteiger partial charge >= 0.3 is 0 Å². The molecule has 2 heterocycles. The number of aryl methyl sites for hydroxylation is 3. The van der Waals surface area contributed by atoms with Crippen LogP contribution in [-0.4, -0.2) is 22.0 Å². The zero-order chi connectivity index (χ0) is 12.6. The van der Waals surface area contributed by atoms with Crippen LogP contribution in [0.3, 0.4) is 0 Å². The van der Waals surface area contributed by atoms with Crippen molar-refractivity contribution >= 4 is 11.3 Å². The summed E-state index contributed by atoms with van der Waals surface area (Å²) in [6.45, 7) is 4.05. The number of hydrogen-bond acceptors (Lipinski definition) is 4. The first-order valence-corrected chi connectivity index (χ1v) is 6.17. The second kappa shape index (κ2) is 4.50. The molecule has 1 atom stereocenters. The maximum atomic E-state index is 10.4. The summed E-state index contributed by atoms with van der Waals surface area (Å²) in [5.41, 5.74) is 1.61. The van der Waals surface area contributed by atoms with Gasteiger partial charge in [-0.05, 0) is 19.9 Å². The van der Waals surface area contributed by atoms with Gasteiger partial charge in [-0.25, -0.2) is 0 Å². The second-order valence-electron chi connectivity index (χ2n) is 3.99. The lowest BCUT2D eigenvalue weighted by Gasteiger charge is -2.12. The summed E-state index contributed by atoms with van der Waals surface area (Å²) in [5, 5.41) is 14.5. The van der Waals surface area contributed by atoms with E-state index in [4.69, 9.17) is 4.74 Å². The third-order valence-corrected chi connectivity index (χ3v) is 3.78. The van der Waals surface area contributed by atoms with Crippen LogP contribution in [0.1, 0.15) is 27.1 Å². The van der Waals surface area contributed by atoms with Gasteiger partial charge in [0.1, 0.15) is 11.8 Å². The Bertz CT molecular complexity index is 531. The van der Waals surface area contributed by atoms with Crippen molar-refractivity contribution in [1.82, 2.24) is 9.78 Å². The van der Waals surface area contributed by atoms with Crippen LogP contribution >= 0.6 is 11.3 Å². The summed E-state index contributed by atoms with van der Waals surface area (Å²) >= 11 is 1.68. The van der Waals surface area contributed by atoms with Crippen LogP contribution < -0.4 is 4.74 Å². The lowest BCUT2D eigenvalue weighted by molar-refractivity contribution is 0.204. The highest BCUT2D eigenvalue weighted by atomic mass is 32.1. The number of rotatable bonds is 3. The molecule has 0 aliphatic heterocycles. The maximum Gasteiger partial charge on any atom is 0.162 e. The van der Waals surface area contributed by atoms with E-state index in [1.165, 1.54) is 4.88 Å². The highest BCUT2D eigenvalue weighted by molar-refractivity contribution is 7.12. The van der Waals surface area contributed by atoms with E-state index in [0.29, 0.717) is 11.4 Å². The van der Waals surface area contributed by atoms with Gasteiger partial charge in [0.05, 0.1) is 13.3 Å². The van der Waals surface area contributed by atoms with Gasteiger partial charge < -0.3 is 9.84 Å². The molecule has 0 saturated heterocycles. The largest absolute Gasteiger partial charge is 0.493 e. The zero-order valence-corrected chi connectivity index (χ0v) is 11.2. The normalized spacial score (nSPS) is 12.8. The average Bonchev–Trinajstić information content (AvgIpc) is 2.80. The maximum absolute atomic E-state index is 10.4. The second-order valence-corrected chi connectivity index (χ2v) is 5.45. The van der Waals surface area contributed by atoms with Gasteiger partial charge in [0.15, 0.2) is 5.75 Å². The fourth-order valence-corrected chi connectivity index (χ4v) is 2.92. The Labute approximate surface area is 104 Å². The Morgan fingerprint density at radius 2 is 2.18 bits per heavy atom. The number of aromatic nitrogens is 2. The van der Waals surface area contributed by atoms with Crippen LogP contribution in [0.2, 0.25) is 0 Å². The summed E-state index contributed by atoms with van der Waals surface area (Å²) < 4.78 is 6.86. The van der Waals surface area contributed by atoms with Crippen molar-refractivity contribution < 1.29 is 9.84 Å². The first-order valence-electron chi connectivity index (χ1n) is 5.35. The molecule has 5 heteroatoms. The molecule has 0 radical (unpaired) electrons. The van der Waals surface area contributed by atoms with Crippen LogP contribution in [0, 0.1) is 13.8 Å². The van der Waals surface area contributed by atoms with Gasteiger partial charge in [0.2, 0.25) is 0 Å². The van der Waals surface area contributed by atoms with Crippen LogP contribution in [-0.2, 0) is 7.05 Å². The molecule has 92 valence electrons. The van der Waals surface area contributed by atoms with Gasteiger partial charge in [-0.2, -0.15) is 5.10 Å². The first-order chi connectivity index (χ1) is 8.04. The minimum absolute atomic E-state index is 0.614. The molecular formula is C12H16N2O2S. The number of thiophene rings is 1. The average molecular weight is 252 g/mol. The van der Waals surface area contributed by atoms with E-state index < -0.39 is 6.10 Å². The van der Waals surface area contributed by atoms with Crippen molar-refractivity contribution in [2.75, 3.05) is 7.11 Å². The fourth-order valence-electron chi connectivity index (χ4n) is 1.97. The summed E-state index contributed by atoms with van der Waals surface area (Å²) in [6.07, 6.45) is 0.926. The predicted octanol–water partition coefficient (Wildman–Crippen LogP) is 2.19. The smallest absolute Gasteiger partial charge is 0.162 e. The Kier molecular flexibility index (Phi) is 3.22. The van der Waals surface area contributed by atoms with E-state index in [0.717, 1.165) is 10.4 Å². The summed E-state index contributed by atoms with van der Waals surface area (Å²) in [7, 11) is 3.38. The molecule has 0 bridgehead atoms. The Morgan fingerprint density at radius 3 is 2.71 bits per heavy atom. The van der Waals surface area contributed by atoms with Crippen molar-refractivity contribution in [3.63, 3.8) is 0 Å². The van der Waals surface area contributed by atoms with E-state index in [-0.39, 0.29) is 0 Å². The molecule has 0 saturated carbocycles. The molecular weight excluding hydrogens is 236 g/mol. The van der Waals surface area contributed by atoms with E-state index >= 15 is 0 Å². The standard InChI is InChI=1S/C12H16N2O2S/c1-7-5-9(8(2)17-7)12(15)11-10(16-4)6-13-14(11)3/h5-6,12,15H,1-4H3. The Hall–Kier alpha value is -1.33. The molecule has 0 fully saturated rings. The minimum Gasteiger partial charge on any atom is -0.493 e. The number of hydrogen-bond donors (Lipinski definition) is 1. The van der Waals surface area contributed by atoms with Gasteiger partial charge in [-0.15, -0.1) is 11.3 Å². The summed E-state index contributed by atoms with van der Waals surface area (Å²) in [5.74, 6) is 0.614. The fraction of sp³-hybridized carbons (Fsp3) is 0.417. The van der Waals surface area contributed by atoms with Crippen molar-refractivity contribution in [1.29, 1.82) is 0 Å². The van der Waals surface area contributed by atoms with Gasteiger partial charge in [-0.1, -0.05) is 0 Å². The van der Waals surface area contributed by atoms with Crippen LogP contribution in [0.5, 0.6) is 5.75 Å². The van der Waals surface area contributed by atoms with Crippen molar-refractivity contribution in [2.24, 2.45) is 7.05 Å². The molecule has 4 nitrogen and oxygen atoms in total. The lowest BCUT2D eigenvalue weighted by Crippen LogP contribution is -2.08. The lowest BCUT2D eigenvalue weighted by atomic mass is 10.1. The zero-order valence-electron chi connectivity index (χ0n) is 10.4. The molecule has 2 aromatic rings. The highest BCUT2D eigenvalue weighted by Crippen LogP contribution is 2.34. The molecule has 0 amide bonds. The number of aliphatic hydroxyl groups excluding tert-OH is 1. The van der Waals surface area contributed by atoms with Gasteiger partial charge in [-0.3, -0.25) is 4.68 Å². The molecule has 2 rings (SSSR count). The molecule has 0 aliphatic rings. The third-order valence-electron chi connectivity index (χ3n) is 2.80. The predicted molar refractivity (Wildman–Crippen MR) is 67.6 cm³/mol. The van der Waals surface area contributed by atoms with E-state index in [2.05, 4.69) is 5.10 Å². The minimum atomic E-state index is -0.692. The Balaban J connectivity index is 2.46. The van der Waals surface area contributed by atoms with Crippen LogP contribution in [0.15, 0.2) is 12.3 Å². The number of aliphatic hydroxyl groups is 1. The molecule has 17 heavy (non-hydrogen) atoms. The number of ether oxygens (including phenoxy) is 1. The topological polar surface area (TPSA) is 47.3 Å². The quantitative estimate of drug-likeness (QED) is 0.911. The first kappa shape index (κ1) is 12.1. The van der Waals surface area contributed by atoms with Crippen molar-refractivity contribution in [2.45, 2.75) is 20.0 Å². The highest BCUT2D eigenvalue weighted by Gasteiger charge is 2.22. The third kappa shape index (κ3) is 2.08. The van der Waals surface area contributed by atoms with E-state index in [1.54, 1.807) is 36.4 Å². The number of nitrogens with zero attached hydrogens (tertiary/aromatic N) is 2. The summed E-state index contributed by atoms with van der Waals surface area (Å²) in [6, 6.07) is 2.01. The van der Waals surface area contributed by atoms with Crippen LogP contribution in [0.25, 0.3) is 0 Å².